The summed E-state index contributed by atoms with van der Waals surface area (Å²) >= 11 is 0. The molecule has 0 spiro atoms. The van der Waals surface area contributed by atoms with Crippen LogP contribution in [0.15, 0.2) is 16.3 Å². The molecule has 3 atom stereocenters. The number of unbranched alkanes of at least 4 members (excludes halogenated alkanes) is 2. The van der Waals surface area contributed by atoms with Crippen LogP contribution in [0.5, 0.6) is 0 Å². The second-order valence-corrected chi connectivity index (χ2v) is 8.15. The molecule has 3 aliphatic rings. The third kappa shape index (κ3) is 5.16. The van der Waals surface area contributed by atoms with E-state index in [9.17, 15) is 14.4 Å². The van der Waals surface area contributed by atoms with Gasteiger partial charge in [0.2, 0.25) is 0 Å². The molecule has 8 nitrogen and oxygen atoms in total. The first-order valence-electron chi connectivity index (χ1n) is 10.5. The maximum atomic E-state index is 12.7. The van der Waals surface area contributed by atoms with Crippen LogP contribution in [0, 0.1) is 0 Å². The van der Waals surface area contributed by atoms with Gasteiger partial charge in [0.15, 0.2) is 5.96 Å². The Bertz CT molecular complexity index is 730. The van der Waals surface area contributed by atoms with Gasteiger partial charge in [0.25, 0.3) is 0 Å². The number of nitrogens with one attached hydrogen (secondary N) is 1. The molecule has 0 unspecified atom stereocenters. The van der Waals surface area contributed by atoms with E-state index in [0.29, 0.717) is 31.5 Å². The standard InChI is InChI=1S/C21H31N3O5/c1-13-11-16-7-8-17-19(15(3)23-21(22-13)24(16)17)20(27)29-10-6-4-5-9-28-18(26)12-14(2)25/h13,16-17H,4-12H2,1-3H3,(H,22,23)/t13-,16+,17-/m0/s1. The fourth-order valence-electron chi connectivity index (χ4n) is 4.37. The smallest absolute Gasteiger partial charge is 0.337 e. The van der Waals surface area contributed by atoms with Gasteiger partial charge in [0.05, 0.1) is 30.9 Å². The molecule has 160 valence electrons. The van der Waals surface area contributed by atoms with E-state index >= 15 is 0 Å². The topological polar surface area (TPSA) is 97.3 Å². The number of ketones is 1. The Morgan fingerprint density at radius 1 is 1.14 bits per heavy atom. The average molecular weight is 405 g/mol. The van der Waals surface area contributed by atoms with Crippen LogP contribution in [0.2, 0.25) is 0 Å². The largest absolute Gasteiger partial charge is 0.465 e. The number of ether oxygens (including phenoxy) is 2. The van der Waals surface area contributed by atoms with Crippen molar-refractivity contribution in [2.24, 2.45) is 4.99 Å². The lowest BCUT2D eigenvalue weighted by molar-refractivity contribution is -0.145. The highest BCUT2D eigenvalue weighted by molar-refractivity contribution is 5.96. The number of rotatable bonds is 9. The van der Waals surface area contributed by atoms with Crippen molar-refractivity contribution in [3.05, 3.63) is 11.3 Å². The van der Waals surface area contributed by atoms with Crippen molar-refractivity contribution in [3.63, 3.8) is 0 Å². The minimum atomic E-state index is -0.485. The molecule has 1 fully saturated rings. The van der Waals surface area contributed by atoms with Crippen molar-refractivity contribution in [3.8, 4) is 0 Å². The summed E-state index contributed by atoms with van der Waals surface area (Å²) in [6.45, 7) is 6.03. The lowest BCUT2D eigenvalue weighted by Gasteiger charge is -2.42. The fourth-order valence-corrected chi connectivity index (χ4v) is 4.37. The molecular formula is C21H31N3O5. The van der Waals surface area contributed by atoms with Crippen molar-refractivity contribution in [1.82, 2.24) is 10.2 Å². The monoisotopic (exact) mass is 405 g/mol. The van der Waals surface area contributed by atoms with E-state index < -0.39 is 5.97 Å². The molecule has 3 rings (SSSR count). The van der Waals surface area contributed by atoms with Gasteiger partial charge in [-0.1, -0.05) is 0 Å². The first-order valence-corrected chi connectivity index (χ1v) is 10.5. The van der Waals surface area contributed by atoms with Crippen molar-refractivity contribution in [2.75, 3.05) is 13.2 Å². The van der Waals surface area contributed by atoms with Gasteiger partial charge in [0, 0.05) is 11.7 Å². The van der Waals surface area contributed by atoms with Gasteiger partial charge in [-0.2, -0.15) is 0 Å². The maximum absolute atomic E-state index is 12.7. The second-order valence-electron chi connectivity index (χ2n) is 8.15. The summed E-state index contributed by atoms with van der Waals surface area (Å²) < 4.78 is 10.5. The van der Waals surface area contributed by atoms with Gasteiger partial charge in [-0.25, -0.2) is 9.79 Å². The molecule has 0 aliphatic carbocycles. The van der Waals surface area contributed by atoms with Crippen LogP contribution >= 0.6 is 0 Å². The van der Waals surface area contributed by atoms with Crippen molar-refractivity contribution in [1.29, 1.82) is 0 Å². The number of carbonyl (C=O) groups excluding carboxylic acids is 3. The van der Waals surface area contributed by atoms with Gasteiger partial charge in [0.1, 0.15) is 12.2 Å². The highest BCUT2D eigenvalue weighted by Crippen LogP contribution is 2.37. The predicted octanol–water partition coefficient (Wildman–Crippen LogP) is 2.08. The zero-order chi connectivity index (χ0) is 21.0. The van der Waals surface area contributed by atoms with Crippen molar-refractivity contribution < 1.29 is 23.9 Å². The molecule has 0 saturated carbocycles. The SMILES string of the molecule is CC(=O)CC(=O)OCCCCCOC(=O)C1=C(C)NC2=N[C@@H](C)C[C@H]3CC[C@@H]1N23. The quantitative estimate of drug-likeness (QED) is 0.356. The molecule has 29 heavy (non-hydrogen) atoms. The van der Waals surface area contributed by atoms with Crippen LogP contribution in [-0.4, -0.2) is 59.9 Å². The van der Waals surface area contributed by atoms with E-state index in [1.807, 2.05) is 6.92 Å². The summed E-state index contributed by atoms with van der Waals surface area (Å²) in [5.74, 6) is -0.0494. The van der Waals surface area contributed by atoms with Crippen LogP contribution in [0.25, 0.3) is 0 Å². The number of allylic oxidation sites excluding steroid dienone is 1. The molecule has 3 aliphatic heterocycles. The normalized spacial score (nSPS) is 25.1. The number of Topliss-reactive ketones (excluding diaryl/α,β-unsaturated/α-hetero) is 1. The van der Waals surface area contributed by atoms with Gasteiger partial charge < -0.3 is 19.7 Å². The molecule has 1 N–H and O–H groups in total. The van der Waals surface area contributed by atoms with Crippen LogP contribution in [0.1, 0.15) is 65.7 Å². The van der Waals surface area contributed by atoms with Crippen LogP contribution < -0.4 is 5.32 Å². The number of hydrogen-bond donors (Lipinski definition) is 1. The number of guanidine groups is 1. The zero-order valence-electron chi connectivity index (χ0n) is 17.5. The summed E-state index contributed by atoms with van der Waals surface area (Å²) in [7, 11) is 0. The predicted molar refractivity (Wildman–Crippen MR) is 107 cm³/mol. The number of esters is 2. The number of nitrogens with zero attached hydrogens (tertiary/aromatic N) is 2. The van der Waals surface area contributed by atoms with Crippen molar-refractivity contribution >= 4 is 23.7 Å². The molecule has 0 amide bonds. The Hall–Kier alpha value is -2.38. The summed E-state index contributed by atoms with van der Waals surface area (Å²) in [6, 6.07) is 0.804. The van der Waals surface area contributed by atoms with Gasteiger partial charge in [-0.05, 0) is 59.3 Å². The fraction of sp³-hybridized carbons (Fsp3) is 0.714. The summed E-state index contributed by atoms with van der Waals surface area (Å²) in [5.41, 5.74) is 1.56. The molecule has 0 aromatic rings. The minimum Gasteiger partial charge on any atom is -0.465 e. The number of carbonyl (C=O) groups is 3. The van der Waals surface area contributed by atoms with E-state index in [1.165, 1.54) is 6.92 Å². The first kappa shape index (κ1) is 21.3. The molecule has 3 heterocycles. The summed E-state index contributed by atoms with van der Waals surface area (Å²) in [6.07, 6.45) is 5.04. The highest BCUT2D eigenvalue weighted by atomic mass is 16.5. The summed E-state index contributed by atoms with van der Waals surface area (Å²) in [4.78, 5) is 41.8. The van der Waals surface area contributed by atoms with Crippen LogP contribution in [0.3, 0.4) is 0 Å². The maximum Gasteiger partial charge on any atom is 0.337 e. The molecule has 0 aromatic carbocycles. The molecule has 0 bridgehead atoms. The minimum absolute atomic E-state index is 0.0562. The molecule has 0 radical (unpaired) electrons. The third-order valence-corrected chi connectivity index (χ3v) is 5.64. The molecule has 1 saturated heterocycles. The average Bonchev–Trinajstić information content (AvgIpc) is 3.04. The van der Waals surface area contributed by atoms with E-state index in [-0.39, 0.29) is 30.8 Å². The molecule has 0 aromatic heterocycles. The summed E-state index contributed by atoms with van der Waals surface area (Å²) in [5, 5.41) is 3.31. The van der Waals surface area contributed by atoms with Gasteiger partial charge in [-0.3, -0.25) is 9.59 Å². The lowest BCUT2D eigenvalue weighted by atomic mass is 10.0. The van der Waals surface area contributed by atoms with Crippen LogP contribution in [0.4, 0.5) is 0 Å². The zero-order valence-corrected chi connectivity index (χ0v) is 17.5. The highest BCUT2D eigenvalue weighted by Gasteiger charge is 2.46. The third-order valence-electron chi connectivity index (χ3n) is 5.64. The Morgan fingerprint density at radius 3 is 2.59 bits per heavy atom. The lowest BCUT2D eigenvalue weighted by Crippen LogP contribution is -2.56. The van der Waals surface area contributed by atoms with Gasteiger partial charge >= 0.3 is 11.9 Å². The van der Waals surface area contributed by atoms with E-state index in [1.54, 1.807) is 0 Å². The van der Waals surface area contributed by atoms with Crippen LogP contribution in [-0.2, 0) is 23.9 Å². The number of aliphatic imine (C=N–C) groups is 1. The molecular weight excluding hydrogens is 374 g/mol. The Morgan fingerprint density at radius 2 is 1.86 bits per heavy atom. The van der Waals surface area contributed by atoms with E-state index in [2.05, 4.69) is 17.1 Å². The number of hydrogen-bond acceptors (Lipinski definition) is 8. The van der Waals surface area contributed by atoms with Crippen molar-refractivity contribution in [2.45, 2.75) is 83.8 Å². The van der Waals surface area contributed by atoms with E-state index in [0.717, 1.165) is 42.9 Å². The second kappa shape index (κ2) is 9.41. The Kier molecular flexibility index (Phi) is 6.92. The Balaban J connectivity index is 1.42. The molecule has 8 heteroatoms. The Labute approximate surface area is 171 Å². The van der Waals surface area contributed by atoms with E-state index in [4.69, 9.17) is 14.5 Å². The van der Waals surface area contributed by atoms with Gasteiger partial charge in [-0.15, -0.1) is 0 Å². The first-order chi connectivity index (χ1) is 13.9.